The molecule has 0 aliphatic heterocycles. The minimum atomic E-state index is -0.605. The lowest BCUT2D eigenvalue weighted by atomic mass is 10.3. The second-order valence-electron chi connectivity index (χ2n) is 5.25. The Balaban J connectivity index is 1.69. The fourth-order valence-corrected chi connectivity index (χ4v) is 2.93. The van der Waals surface area contributed by atoms with Gasteiger partial charge in [-0.1, -0.05) is 6.07 Å². The molecule has 27 heavy (non-hydrogen) atoms. The molecule has 0 fully saturated rings. The fourth-order valence-electron chi connectivity index (χ4n) is 2.22. The summed E-state index contributed by atoms with van der Waals surface area (Å²) in [5, 5.41) is 16.4. The third-order valence-electron chi connectivity index (χ3n) is 3.47. The number of pyridine rings is 1. The van der Waals surface area contributed by atoms with Crippen LogP contribution in [0.25, 0.3) is 0 Å². The molecule has 0 radical (unpaired) electrons. The van der Waals surface area contributed by atoms with Gasteiger partial charge in [0, 0.05) is 23.8 Å². The molecule has 10 nitrogen and oxygen atoms in total. The lowest BCUT2D eigenvalue weighted by Gasteiger charge is -2.10. The van der Waals surface area contributed by atoms with Crippen molar-refractivity contribution in [3.05, 3.63) is 68.9 Å². The first kappa shape index (κ1) is 18.2. The van der Waals surface area contributed by atoms with Gasteiger partial charge in [-0.15, -0.1) is 11.3 Å². The zero-order chi connectivity index (χ0) is 19.1. The Kier molecular flexibility index (Phi) is 5.84. The number of anilines is 2. The van der Waals surface area contributed by atoms with Gasteiger partial charge >= 0.3 is 5.69 Å². The molecule has 0 aromatic carbocycles. The Labute approximate surface area is 157 Å². The van der Waals surface area contributed by atoms with Crippen molar-refractivity contribution in [3.63, 3.8) is 0 Å². The van der Waals surface area contributed by atoms with E-state index < -0.39 is 10.8 Å². The number of thiophene rings is 1. The van der Waals surface area contributed by atoms with Gasteiger partial charge in [0.15, 0.2) is 0 Å². The van der Waals surface area contributed by atoms with Crippen molar-refractivity contribution in [2.24, 2.45) is 0 Å². The predicted molar refractivity (Wildman–Crippen MR) is 101 cm³/mol. The summed E-state index contributed by atoms with van der Waals surface area (Å²) < 4.78 is 0. The van der Waals surface area contributed by atoms with Gasteiger partial charge in [0.05, 0.1) is 10.5 Å². The van der Waals surface area contributed by atoms with Crippen LogP contribution in [0.3, 0.4) is 0 Å². The highest BCUT2D eigenvalue weighted by atomic mass is 32.1. The van der Waals surface area contributed by atoms with E-state index in [-0.39, 0.29) is 17.3 Å². The van der Waals surface area contributed by atoms with Crippen molar-refractivity contribution in [1.29, 1.82) is 0 Å². The molecule has 0 bridgehead atoms. The standard InChI is InChI=1S/C16H15N7O3S/c24-16(11-3-1-6-17-9-11)22-21-15-13(23(25)26)14(19-10-20-15)18-7-5-12-4-2-8-27-12/h1-4,6,8-10H,5,7H2,(H,22,24)(H2,18,19,20,21). The number of nitro groups is 1. The maximum Gasteiger partial charge on any atom is 0.354 e. The molecule has 3 aromatic heterocycles. The number of nitrogens with one attached hydrogen (secondary N) is 3. The maximum atomic E-state index is 12.0. The van der Waals surface area contributed by atoms with Crippen molar-refractivity contribution < 1.29 is 9.72 Å². The van der Waals surface area contributed by atoms with Crippen LogP contribution in [0.2, 0.25) is 0 Å². The fraction of sp³-hybridized carbons (Fsp3) is 0.125. The van der Waals surface area contributed by atoms with E-state index in [2.05, 4.69) is 31.1 Å². The highest BCUT2D eigenvalue weighted by Gasteiger charge is 2.23. The Morgan fingerprint density at radius 2 is 2.07 bits per heavy atom. The average molecular weight is 385 g/mol. The molecule has 3 aromatic rings. The summed E-state index contributed by atoms with van der Waals surface area (Å²) in [6.45, 7) is 0.472. The van der Waals surface area contributed by atoms with Gasteiger partial charge in [-0.25, -0.2) is 9.97 Å². The average Bonchev–Trinajstić information content (AvgIpc) is 3.20. The molecule has 3 N–H and O–H groups in total. The number of amides is 1. The van der Waals surface area contributed by atoms with Crippen molar-refractivity contribution in [1.82, 2.24) is 20.4 Å². The Morgan fingerprint density at radius 3 is 2.78 bits per heavy atom. The minimum Gasteiger partial charge on any atom is -0.364 e. The summed E-state index contributed by atoms with van der Waals surface area (Å²) in [5.41, 5.74) is 4.80. The van der Waals surface area contributed by atoms with Crippen LogP contribution in [0.4, 0.5) is 17.3 Å². The molecule has 3 heterocycles. The number of carbonyl (C=O) groups excluding carboxylic acids is 1. The second-order valence-corrected chi connectivity index (χ2v) is 6.29. The van der Waals surface area contributed by atoms with Crippen molar-refractivity contribution >= 4 is 34.6 Å². The van der Waals surface area contributed by atoms with E-state index in [4.69, 9.17) is 0 Å². The van der Waals surface area contributed by atoms with E-state index in [1.54, 1.807) is 23.5 Å². The van der Waals surface area contributed by atoms with Crippen LogP contribution in [-0.2, 0) is 6.42 Å². The van der Waals surface area contributed by atoms with Crippen LogP contribution in [0, 0.1) is 10.1 Å². The summed E-state index contributed by atoms with van der Waals surface area (Å²) in [6, 6.07) is 7.11. The van der Waals surface area contributed by atoms with Gasteiger partial charge in [0.25, 0.3) is 5.91 Å². The van der Waals surface area contributed by atoms with Crippen LogP contribution >= 0.6 is 11.3 Å². The predicted octanol–water partition coefficient (Wildman–Crippen LogP) is 2.25. The van der Waals surface area contributed by atoms with Crippen molar-refractivity contribution in [3.8, 4) is 0 Å². The molecule has 1 amide bonds. The monoisotopic (exact) mass is 385 g/mol. The molecule has 11 heteroatoms. The third-order valence-corrected chi connectivity index (χ3v) is 4.40. The van der Waals surface area contributed by atoms with Crippen LogP contribution < -0.4 is 16.2 Å². The molecule has 0 aliphatic carbocycles. The van der Waals surface area contributed by atoms with E-state index >= 15 is 0 Å². The summed E-state index contributed by atoms with van der Waals surface area (Å²) in [4.78, 5) is 35.7. The second kappa shape index (κ2) is 8.67. The van der Waals surface area contributed by atoms with E-state index in [1.165, 1.54) is 18.7 Å². The molecule has 0 saturated carbocycles. The number of carbonyl (C=O) groups is 1. The number of nitrogens with zero attached hydrogens (tertiary/aromatic N) is 4. The van der Waals surface area contributed by atoms with E-state index in [0.29, 0.717) is 18.5 Å². The summed E-state index contributed by atoms with van der Waals surface area (Å²) in [7, 11) is 0. The molecular formula is C16H15N7O3S. The summed E-state index contributed by atoms with van der Waals surface area (Å²) in [6.07, 6.45) is 4.80. The SMILES string of the molecule is O=C(NNc1ncnc(NCCc2cccs2)c1[N+](=O)[O-])c1cccnc1. The number of hydrogen-bond donors (Lipinski definition) is 3. The quantitative estimate of drug-likeness (QED) is 0.397. The smallest absolute Gasteiger partial charge is 0.354 e. The van der Waals surface area contributed by atoms with Gasteiger partial charge in [0.2, 0.25) is 11.6 Å². The molecule has 0 aliphatic rings. The minimum absolute atomic E-state index is 0.0738. The number of hydrazine groups is 1. The molecule has 0 spiro atoms. The third kappa shape index (κ3) is 4.73. The Bertz CT molecular complexity index is 919. The van der Waals surface area contributed by atoms with E-state index in [0.717, 1.165) is 4.88 Å². The molecular weight excluding hydrogens is 370 g/mol. The van der Waals surface area contributed by atoms with Gasteiger partial charge in [0.1, 0.15) is 6.33 Å². The maximum absolute atomic E-state index is 12.0. The van der Waals surface area contributed by atoms with E-state index in [9.17, 15) is 14.9 Å². The lowest BCUT2D eigenvalue weighted by molar-refractivity contribution is -0.383. The van der Waals surface area contributed by atoms with Crippen LogP contribution in [-0.4, -0.2) is 32.3 Å². The Morgan fingerprint density at radius 1 is 1.22 bits per heavy atom. The largest absolute Gasteiger partial charge is 0.364 e. The first-order valence-corrected chi connectivity index (χ1v) is 8.75. The number of rotatable bonds is 8. The van der Waals surface area contributed by atoms with Crippen molar-refractivity contribution in [2.75, 3.05) is 17.3 Å². The number of aromatic nitrogens is 3. The van der Waals surface area contributed by atoms with Crippen LogP contribution in [0.1, 0.15) is 15.2 Å². The van der Waals surface area contributed by atoms with Gasteiger partial charge in [-0.05, 0) is 30.0 Å². The molecule has 0 atom stereocenters. The summed E-state index contributed by atoms with van der Waals surface area (Å²) in [5.74, 6) is -0.543. The van der Waals surface area contributed by atoms with Gasteiger partial charge < -0.3 is 5.32 Å². The zero-order valence-corrected chi connectivity index (χ0v) is 14.8. The van der Waals surface area contributed by atoms with Crippen LogP contribution in [0.15, 0.2) is 48.4 Å². The van der Waals surface area contributed by atoms with Gasteiger partial charge in [-0.2, -0.15) is 0 Å². The topological polar surface area (TPSA) is 135 Å². The van der Waals surface area contributed by atoms with E-state index in [1.807, 2.05) is 17.5 Å². The first-order chi connectivity index (χ1) is 13.1. The number of hydrogen-bond acceptors (Lipinski definition) is 9. The van der Waals surface area contributed by atoms with Gasteiger partial charge in [-0.3, -0.25) is 30.7 Å². The van der Waals surface area contributed by atoms with Crippen LogP contribution in [0.5, 0.6) is 0 Å². The highest BCUT2D eigenvalue weighted by molar-refractivity contribution is 7.09. The first-order valence-electron chi connectivity index (χ1n) is 7.87. The summed E-state index contributed by atoms with van der Waals surface area (Å²) >= 11 is 1.61. The lowest BCUT2D eigenvalue weighted by Crippen LogP contribution is -2.30. The molecule has 0 unspecified atom stereocenters. The normalized spacial score (nSPS) is 10.2. The zero-order valence-electron chi connectivity index (χ0n) is 14.0. The molecule has 0 saturated heterocycles. The highest BCUT2D eigenvalue weighted by Crippen LogP contribution is 2.28. The van der Waals surface area contributed by atoms with Crippen molar-refractivity contribution in [2.45, 2.75) is 6.42 Å². The molecule has 3 rings (SSSR count). The molecule has 138 valence electrons. The Hall–Kier alpha value is -3.60.